The average molecular weight is 515 g/mol. The van der Waals surface area contributed by atoms with Gasteiger partial charge in [0.2, 0.25) is 5.95 Å². The lowest BCUT2D eigenvalue weighted by Crippen LogP contribution is -2.30. The second kappa shape index (κ2) is 8.89. The van der Waals surface area contributed by atoms with Crippen LogP contribution in [0.5, 0.6) is 0 Å². The molecule has 0 aliphatic carbocycles. The van der Waals surface area contributed by atoms with Gasteiger partial charge < -0.3 is 0 Å². The van der Waals surface area contributed by atoms with Gasteiger partial charge in [0.1, 0.15) is 4.21 Å². The molecule has 0 saturated carbocycles. The molecule has 1 N–H and O–H groups in total. The summed E-state index contributed by atoms with van der Waals surface area (Å²) in [5.41, 5.74) is 2.15. The number of halogens is 2. The number of rotatable bonds is 6. The quantitative estimate of drug-likeness (QED) is 0.308. The number of nitrogens with zero attached hydrogens (tertiary/aromatic N) is 3. The molecule has 0 amide bonds. The molecule has 10 heteroatoms. The van der Waals surface area contributed by atoms with Crippen molar-refractivity contribution in [1.29, 1.82) is 0 Å². The minimum absolute atomic E-state index is 0.225. The highest BCUT2D eigenvalue weighted by molar-refractivity contribution is 7.91. The third-order valence-electron chi connectivity index (χ3n) is 5.08. The lowest BCUT2D eigenvalue weighted by atomic mass is 10.0. The summed E-state index contributed by atoms with van der Waals surface area (Å²) in [6.07, 6.45) is 3.28. The first-order chi connectivity index (χ1) is 15.9. The molecule has 0 saturated heterocycles. The van der Waals surface area contributed by atoms with Gasteiger partial charge >= 0.3 is 0 Å². The van der Waals surface area contributed by atoms with E-state index >= 15 is 0 Å². The van der Waals surface area contributed by atoms with E-state index in [1.54, 1.807) is 66.3 Å². The summed E-state index contributed by atoms with van der Waals surface area (Å²) >= 11 is 13.5. The van der Waals surface area contributed by atoms with E-state index in [0.717, 1.165) is 22.2 Å². The van der Waals surface area contributed by atoms with Crippen LogP contribution in [-0.4, -0.2) is 23.0 Å². The van der Waals surface area contributed by atoms with Crippen molar-refractivity contribution in [1.82, 2.24) is 19.3 Å². The zero-order valence-electron chi connectivity index (χ0n) is 16.9. The fraction of sp³-hybridized carbons (Fsp3) is 0.0435. The molecule has 0 radical (unpaired) electrons. The second-order valence-electron chi connectivity index (χ2n) is 7.19. The number of fused-ring (bicyclic) bond motifs is 1. The number of hydrogen-bond donors (Lipinski definition) is 1. The van der Waals surface area contributed by atoms with Crippen molar-refractivity contribution in [3.05, 3.63) is 106 Å². The van der Waals surface area contributed by atoms with E-state index in [2.05, 4.69) is 14.7 Å². The van der Waals surface area contributed by atoms with Gasteiger partial charge in [0.25, 0.3) is 10.0 Å². The van der Waals surface area contributed by atoms with E-state index in [4.69, 9.17) is 23.2 Å². The Bertz CT molecular complexity index is 1520. The predicted molar refractivity (Wildman–Crippen MR) is 132 cm³/mol. The molecular weight excluding hydrogens is 499 g/mol. The number of sulfonamides is 1. The molecule has 3 heterocycles. The normalized spacial score (nSPS) is 12.8. The summed E-state index contributed by atoms with van der Waals surface area (Å²) in [4.78, 5) is 8.83. The molecule has 0 spiro atoms. The van der Waals surface area contributed by atoms with E-state index < -0.39 is 16.1 Å². The summed E-state index contributed by atoms with van der Waals surface area (Å²) in [5.74, 6) is 0.416. The van der Waals surface area contributed by atoms with E-state index in [1.807, 2.05) is 22.8 Å². The number of hydrogen-bond acceptors (Lipinski definition) is 5. The van der Waals surface area contributed by atoms with Crippen LogP contribution in [0.2, 0.25) is 10.0 Å². The van der Waals surface area contributed by atoms with Crippen molar-refractivity contribution in [2.75, 3.05) is 0 Å². The molecule has 6 nitrogen and oxygen atoms in total. The van der Waals surface area contributed by atoms with Gasteiger partial charge in [0.05, 0.1) is 11.6 Å². The summed E-state index contributed by atoms with van der Waals surface area (Å²) < 4.78 is 31.4. The molecule has 0 fully saturated rings. The molecule has 166 valence electrons. The van der Waals surface area contributed by atoms with Gasteiger partial charge in [-0.1, -0.05) is 41.4 Å². The van der Waals surface area contributed by atoms with Crippen molar-refractivity contribution in [2.24, 2.45) is 0 Å². The van der Waals surface area contributed by atoms with Gasteiger partial charge in [0, 0.05) is 33.5 Å². The maximum atomic E-state index is 13.2. The lowest BCUT2D eigenvalue weighted by molar-refractivity contribution is 0.570. The van der Waals surface area contributed by atoms with Crippen LogP contribution < -0.4 is 4.72 Å². The Morgan fingerprint density at radius 3 is 2.33 bits per heavy atom. The third-order valence-corrected chi connectivity index (χ3v) is 8.38. The summed E-state index contributed by atoms with van der Waals surface area (Å²) in [7, 11) is -3.81. The van der Waals surface area contributed by atoms with Crippen molar-refractivity contribution in [3.8, 4) is 5.95 Å². The van der Waals surface area contributed by atoms with Crippen molar-refractivity contribution >= 4 is 55.5 Å². The molecule has 5 aromatic rings. The number of thiophene rings is 1. The van der Waals surface area contributed by atoms with Gasteiger partial charge in [0.15, 0.2) is 0 Å². The number of aromatic nitrogens is 3. The lowest BCUT2D eigenvalue weighted by Gasteiger charge is -2.21. The molecule has 1 atom stereocenters. The molecule has 0 aliphatic heterocycles. The molecule has 0 aliphatic rings. The van der Waals surface area contributed by atoms with E-state index in [-0.39, 0.29) is 4.21 Å². The van der Waals surface area contributed by atoms with Gasteiger partial charge in [-0.25, -0.2) is 18.4 Å². The molecule has 2 aromatic carbocycles. The van der Waals surface area contributed by atoms with Crippen LogP contribution in [0.3, 0.4) is 0 Å². The van der Waals surface area contributed by atoms with Crippen LogP contribution in [0.25, 0.3) is 16.9 Å². The molecule has 0 bridgehead atoms. The number of nitrogens with one attached hydrogen (secondary N) is 1. The zero-order chi connectivity index (χ0) is 23.0. The number of benzene rings is 2. The van der Waals surface area contributed by atoms with Crippen LogP contribution in [0, 0.1) is 0 Å². The fourth-order valence-electron chi connectivity index (χ4n) is 3.63. The van der Waals surface area contributed by atoms with E-state index in [9.17, 15) is 8.42 Å². The predicted octanol–water partition coefficient (Wildman–Crippen LogP) is 5.86. The molecular formula is C23H16Cl2N4O2S2. The topological polar surface area (TPSA) is 76.9 Å². The summed E-state index contributed by atoms with van der Waals surface area (Å²) in [6, 6.07) is 18.7. The van der Waals surface area contributed by atoms with Crippen molar-refractivity contribution in [3.63, 3.8) is 0 Å². The first-order valence-corrected chi connectivity index (χ1v) is 12.9. The third kappa shape index (κ3) is 4.40. The van der Waals surface area contributed by atoms with Crippen molar-refractivity contribution < 1.29 is 8.42 Å². The Morgan fingerprint density at radius 1 is 0.909 bits per heavy atom. The Balaban J connectivity index is 1.76. The first kappa shape index (κ1) is 22.1. The van der Waals surface area contributed by atoms with Gasteiger partial charge in [-0.3, -0.25) is 4.57 Å². The van der Waals surface area contributed by atoms with Crippen LogP contribution >= 0.6 is 34.5 Å². The first-order valence-electron chi connectivity index (χ1n) is 9.82. The Kier molecular flexibility index (Phi) is 5.94. The monoisotopic (exact) mass is 514 g/mol. The average Bonchev–Trinajstić information content (AvgIpc) is 3.47. The zero-order valence-corrected chi connectivity index (χ0v) is 20.0. The van der Waals surface area contributed by atoms with Gasteiger partial charge in [-0.05, 0) is 59.5 Å². The van der Waals surface area contributed by atoms with Crippen molar-refractivity contribution in [2.45, 2.75) is 10.3 Å². The summed E-state index contributed by atoms with van der Waals surface area (Å²) in [6.45, 7) is 0. The minimum atomic E-state index is -3.81. The van der Waals surface area contributed by atoms with Crippen LogP contribution in [0.15, 0.2) is 88.7 Å². The van der Waals surface area contributed by atoms with E-state index in [0.29, 0.717) is 27.3 Å². The van der Waals surface area contributed by atoms with E-state index in [1.165, 1.54) is 0 Å². The molecule has 1 unspecified atom stereocenters. The van der Waals surface area contributed by atoms with Gasteiger partial charge in [-0.15, -0.1) is 11.3 Å². The highest BCUT2D eigenvalue weighted by atomic mass is 35.5. The van der Waals surface area contributed by atoms with Crippen LogP contribution in [0.4, 0.5) is 0 Å². The minimum Gasteiger partial charge on any atom is -0.280 e. The standard InChI is InChI=1S/C23H16Cl2N4O2S2/c24-17-6-4-15(5-7-17)22(28-33(30,31)21-3-1-12-32-21)20-14-16-13-18(25)8-9-19(16)29(20)23-26-10-2-11-27-23/h1-14,22,28H. The highest BCUT2D eigenvalue weighted by Gasteiger charge is 2.28. The fourth-order valence-corrected chi connectivity index (χ4v) is 6.15. The molecule has 33 heavy (non-hydrogen) atoms. The Labute approximate surface area is 204 Å². The smallest absolute Gasteiger partial charge is 0.250 e. The molecule has 3 aromatic heterocycles. The van der Waals surface area contributed by atoms with Gasteiger partial charge in [-0.2, -0.15) is 4.72 Å². The maximum Gasteiger partial charge on any atom is 0.250 e. The van der Waals surface area contributed by atoms with Crippen LogP contribution in [0.1, 0.15) is 17.3 Å². The van der Waals surface area contributed by atoms with Crippen LogP contribution in [-0.2, 0) is 10.0 Å². The summed E-state index contributed by atoms with van der Waals surface area (Å²) in [5, 5.41) is 3.68. The SMILES string of the molecule is O=S(=O)(NC(c1ccc(Cl)cc1)c1cc2cc(Cl)ccc2n1-c1ncccn1)c1cccs1. The molecule has 5 rings (SSSR count). The second-order valence-corrected chi connectivity index (χ2v) is 11.0. The maximum absolute atomic E-state index is 13.2. The largest absolute Gasteiger partial charge is 0.280 e. The Morgan fingerprint density at radius 2 is 1.64 bits per heavy atom. The highest BCUT2D eigenvalue weighted by Crippen LogP contribution is 2.34. The Hall–Kier alpha value is -2.75.